The zero-order chi connectivity index (χ0) is 15.3. The highest BCUT2D eigenvalue weighted by Crippen LogP contribution is 2.19. The van der Waals surface area contributed by atoms with Gasteiger partial charge >= 0.3 is 0 Å². The van der Waals surface area contributed by atoms with Crippen molar-refractivity contribution in [1.29, 1.82) is 0 Å². The number of nitrogens with two attached hydrogens (primary N) is 1. The number of hydrogen-bond acceptors (Lipinski definition) is 4. The van der Waals surface area contributed by atoms with Gasteiger partial charge in [0.15, 0.2) is 0 Å². The molecule has 2 rings (SSSR count). The van der Waals surface area contributed by atoms with E-state index in [4.69, 9.17) is 9.56 Å². The van der Waals surface area contributed by atoms with Crippen molar-refractivity contribution in [3.8, 4) is 0 Å². The van der Waals surface area contributed by atoms with E-state index in [9.17, 15) is 8.42 Å². The van der Waals surface area contributed by atoms with Gasteiger partial charge in [-0.15, -0.1) is 0 Å². The van der Waals surface area contributed by atoms with Gasteiger partial charge in [-0.05, 0) is 24.1 Å². The molecule has 0 bridgehead atoms. The second kappa shape index (κ2) is 6.89. The van der Waals surface area contributed by atoms with Gasteiger partial charge in [-0.1, -0.05) is 43.7 Å². The Morgan fingerprint density at radius 2 is 1.90 bits per heavy atom. The molecule has 0 aliphatic rings. The van der Waals surface area contributed by atoms with Crippen LogP contribution in [0.3, 0.4) is 0 Å². The average molecular weight is 308 g/mol. The van der Waals surface area contributed by atoms with Gasteiger partial charge in [0.2, 0.25) is 5.09 Å². The molecular weight excluding hydrogens is 288 g/mol. The number of rotatable bonds is 7. The Balaban J connectivity index is 2.04. The van der Waals surface area contributed by atoms with E-state index in [1.807, 2.05) is 18.2 Å². The van der Waals surface area contributed by atoms with E-state index in [1.54, 1.807) is 6.07 Å². The second-order valence-electron chi connectivity index (χ2n) is 4.90. The maximum atomic E-state index is 11.2. The molecule has 0 saturated heterocycles. The van der Waals surface area contributed by atoms with Crippen LogP contribution in [0.15, 0.2) is 52.0 Å². The van der Waals surface area contributed by atoms with Crippen molar-refractivity contribution in [2.45, 2.75) is 37.4 Å². The molecule has 1 unspecified atom stereocenters. The Kier molecular flexibility index (Phi) is 5.17. The van der Waals surface area contributed by atoms with Crippen LogP contribution < -0.4 is 10.5 Å². The first-order valence-electron chi connectivity index (χ1n) is 6.90. The third-order valence-electron chi connectivity index (χ3n) is 3.22. The minimum absolute atomic E-state index is 0.203. The highest BCUT2D eigenvalue weighted by atomic mass is 32.2. The van der Waals surface area contributed by atoms with E-state index in [0.717, 1.165) is 12.8 Å². The zero-order valence-corrected chi connectivity index (χ0v) is 12.8. The molecule has 2 aromatic rings. The van der Waals surface area contributed by atoms with Gasteiger partial charge in [0.25, 0.3) is 10.0 Å². The van der Waals surface area contributed by atoms with Gasteiger partial charge in [-0.3, -0.25) is 0 Å². The number of furan rings is 1. The molecule has 0 fully saturated rings. The fraction of sp³-hybridized carbons (Fsp3) is 0.333. The molecule has 0 aliphatic carbocycles. The lowest BCUT2D eigenvalue weighted by Gasteiger charge is -2.17. The fourth-order valence-corrected chi connectivity index (χ4v) is 2.67. The van der Waals surface area contributed by atoms with E-state index in [1.165, 1.54) is 11.6 Å². The zero-order valence-electron chi connectivity index (χ0n) is 12.0. The normalized spacial score (nSPS) is 13.2. The molecule has 5 nitrogen and oxygen atoms in total. The molecule has 3 N–H and O–H groups in total. The molecule has 1 aromatic carbocycles. The van der Waals surface area contributed by atoms with Gasteiger partial charge in [0.05, 0.1) is 6.54 Å². The third kappa shape index (κ3) is 4.42. The first-order valence-corrected chi connectivity index (χ1v) is 8.45. The molecule has 0 aliphatic heterocycles. The van der Waals surface area contributed by atoms with E-state index in [0.29, 0.717) is 12.3 Å². The van der Waals surface area contributed by atoms with E-state index in [-0.39, 0.29) is 11.1 Å². The summed E-state index contributed by atoms with van der Waals surface area (Å²) in [5, 5.41) is 8.21. The monoisotopic (exact) mass is 308 g/mol. The van der Waals surface area contributed by atoms with Crippen molar-refractivity contribution >= 4 is 10.0 Å². The van der Waals surface area contributed by atoms with Gasteiger partial charge in [0, 0.05) is 6.04 Å². The summed E-state index contributed by atoms with van der Waals surface area (Å²) in [6.07, 6.45) is 2.04. The lowest BCUT2D eigenvalue weighted by molar-refractivity contribution is 0.384. The van der Waals surface area contributed by atoms with Gasteiger partial charge < -0.3 is 9.73 Å². The maximum absolute atomic E-state index is 11.2. The van der Waals surface area contributed by atoms with Gasteiger partial charge in [0.1, 0.15) is 5.76 Å². The summed E-state index contributed by atoms with van der Waals surface area (Å²) < 4.78 is 27.6. The highest BCUT2D eigenvalue weighted by Gasteiger charge is 2.15. The van der Waals surface area contributed by atoms with Crippen LogP contribution >= 0.6 is 0 Å². The molecule has 21 heavy (non-hydrogen) atoms. The lowest BCUT2D eigenvalue weighted by atomic mass is 10.0. The van der Waals surface area contributed by atoms with E-state index < -0.39 is 10.0 Å². The molecule has 1 heterocycles. The van der Waals surface area contributed by atoms with E-state index in [2.05, 4.69) is 24.4 Å². The van der Waals surface area contributed by atoms with Gasteiger partial charge in [-0.25, -0.2) is 13.6 Å². The topological polar surface area (TPSA) is 85.3 Å². The van der Waals surface area contributed by atoms with Crippen molar-refractivity contribution in [2.24, 2.45) is 5.14 Å². The summed E-state index contributed by atoms with van der Waals surface area (Å²) in [5.41, 5.74) is 1.21. The Labute approximate surface area is 125 Å². The Morgan fingerprint density at radius 3 is 2.48 bits per heavy atom. The predicted molar refractivity (Wildman–Crippen MR) is 81.0 cm³/mol. The van der Waals surface area contributed by atoms with Crippen molar-refractivity contribution in [3.63, 3.8) is 0 Å². The summed E-state index contributed by atoms with van der Waals surface area (Å²) in [4.78, 5) is 0. The van der Waals surface area contributed by atoms with Crippen molar-refractivity contribution in [1.82, 2.24) is 5.32 Å². The first-order chi connectivity index (χ1) is 10.0. The number of primary sulfonamides is 1. The average Bonchev–Trinajstić information content (AvgIpc) is 2.93. The highest BCUT2D eigenvalue weighted by molar-refractivity contribution is 7.89. The number of sulfonamides is 1. The number of benzene rings is 1. The van der Waals surface area contributed by atoms with Crippen molar-refractivity contribution < 1.29 is 12.8 Å². The molecular formula is C15H20N2O3S. The van der Waals surface area contributed by atoms with Crippen LogP contribution in [0.1, 0.15) is 37.1 Å². The smallest absolute Gasteiger partial charge is 0.271 e. The van der Waals surface area contributed by atoms with Crippen LogP contribution in [-0.2, 0) is 16.6 Å². The molecule has 6 heteroatoms. The molecule has 114 valence electrons. The van der Waals surface area contributed by atoms with Crippen LogP contribution in [0, 0.1) is 0 Å². The van der Waals surface area contributed by atoms with Crippen LogP contribution in [0.5, 0.6) is 0 Å². The van der Waals surface area contributed by atoms with Crippen molar-refractivity contribution in [2.75, 3.05) is 0 Å². The second-order valence-corrected chi connectivity index (χ2v) is 6.39. The van der Waals surface area contributed by atoms with Crippen LogP contribution in [0.4, 0.5) is 0 Å². The van der Waals surface area contributed by atoms with Gasteiger partial charge in [-0.2, -0.15) is 0 Å². The Morgan fingerprint density at radius 1 is 1.19 bits per heavy atom. The van der Waals surface area contributed by atoms with Crippen molar-refractivity contribution in [3.05, 3.63) is 53.8 Å². The maximum Gasteiger partial charge on any atom is 0.271 e. The minimum Gasteiger partial charge on any atom is -0.447 e. The summed E-state index contributed by atoms with van der Waals surface area (Å²) in [7, 11) is -3.78. The molecule has 1 atom stereocenters. The molecule has 0 saturated carbocycles. The summed E-state index contributed by atoms with van der Waals surface area (Å²) in [6.45, 7) is 2.58. The standard InChI is InChI=1S/C15H20N2O3S/c1-2-6-14(12-7-4-3-5-8-12)17-11-13-9-10-15(20-13)21(16,18)19/h3-5,7-10,14,17H,2,6,11H2,1H3,(H2,16,18,19). The Hall–Kier alpha value is -1.63. The summed E-state index contributed by atoms with van der Waals surface area (Å²) >= 11 is 0. The van der Waals surface area contributed by atoms with Crippen LogP contribution in [-0.4, -0.2) is 8.42 Å². The molecule has 0 radical (unpaired) electrons. The quantitative estimate of drug-likeness (QED) is 0.823. The largest absolute Gasteiger partial charge is 0.447 e. The van der Waals surface area contributed by atoms with E-state index >= 15 is 0 Å². The molecule has 0 spiro atoms. The molecule has 1 aromatic heterocycles. The Bertz CT molecular complexity index is 665. The SMILES string of the molecule is CCCC(NCc1ccc(S(N)(=O)=O)o1)c1ccccc1. The third-order valence-corrected chi connectivity index (χ3v) is 4.00. The first kappa shape index (κ1) is 15.8. The van der Waals surface area contributed by atoms with Crippen LogP contribution in [0.25, 0.3) is 0 Å². The number of hydrogen-bond donors (Lipinski definition) is 2. The fourth-order valence-electron chi connectivity index (χ4n) is 2.19. The minimum atomic E-state index is -3.78. The number of nitrogens with one attached hydrogen (secondary N) is 1. The summed E-state index contributed by atoms with van der Waals surface area (Å²) in [5.74, 6) is 0.552. The summed E-state index contributed by atoms with van der Waals surface area (Å²) in [6, 6.07) is 13.4. The van der Waals surface area contributed by atoms with Crippen LogP contribution in [0.2, 0.25) is 0 Å². The molecule has 0 amide bonds. The predicted octanol–water partition coefficient (Wildman–Crippen LogP) is 2.56. The lowest BCUT2D eigenvalue weighted by Crippen LogP contribution is -2.20.